The molecule has 2 unspecified atom stereocenters. The molecule has 2 aliphatic heterocycles. The van der Waals surface area contributed by atoms with E-state index in [-0.39, 0.29) is 6.10 Å². The molecule has 2 N–H and O–H groups in total. The van der Waals surface area contributed by atoms with Crippen LogP contribution in [0, 0.1) is 0 Å². The second-order valence-corrected chi connectivity index (χ2v) is 5.72. The van der Waals surface area contributed by atoms with Crippen LogP contribution in [-0.2, 0) is 11.2 Å². The quantitative estimate of drug-likeness (QED) is 0.906. The summed E-state index contributed by atoms with van der Waals surface area (Å²) in [7, 11) is 0. The standard InChI is InChI=1S/C16H24N2O/c17-11-14-8-9-15(19-14)12-18-10-4-3-6-13-5-1-2-7-16(13)18/h1-2,5,7,14-15H,3-4,6,8-12,17H2. The Kier molecular flexibility index (Phi) is 4.04. The molecule has 2 aliphatic rings. The van der Waals surface area contributed by atoms with Gasteiger partial charge in [-0.25, -0.2) is 0 Å². The van der Waals surface area contributed by atoms with Crippen molar-refractivity contribution >= 4 is 5.69 Å². The summed E-state index contributed by atoms with van der Waals surface area (Å²) in [4.78, 5) is 2.52. The van der Waals surface area contributed by atoms with Crippen LogP contribution in [-0.4, -0.2) is 31.8 Å². The first kappa shape index (κ1) is 12.9. The minimum atomic E-state index is 0.284. The molecule has 1 saturated heterocycles. The highest BCUT2D eigenvalue weighted by atomic mass is 16.5. The average Bonchev–Trinajstić information content (AvgIpc) is 2.80. The minimum absolute atomic E-state index is 0.284. The van der Waals surface area contributed by atoms with E-state index in [1.54, 1.807) is 0 Å². The Morgan fingerprint density at radius 1 is 1.16 bits per heavy atom. The highest BCUT2D eigenvalue weighted by Crippen LogP contribution is 2.28. The fourth-order valence-corrected chi connectivity index (χ4v) is 3.29. The monoisotopic (exact) mass is 260 g/mol. The van der Waals surface area contributed by atoms with E-state index in [9.17, 15) is 0 Å². The maximum atomic E-state index is 6.00. The molecule has 0 aromatic heterocycles. The van der Waals surface area contributed by atoms with Gasteiger partial charge in [-0.15, -0.1) is 0 Å². The van der Waals surface area contributed by atoms with Crippen LogP contribution in [0.1, 0.15) is 31.2 Å². The van der Waals surface area contributed by atoms with Crippen LogP contribution < -0.4 is 10.6 Å². The number of fused-ring (bicyclic) bond motifs is 1. The number of ether oxygens (including phenoxy) is 1. The van der Waals surface area contributed by atoms with Crippen LogP contribution in [0.2, 0.25) is 0 Å². The Labute approximate surface area is 115 Å². The molecule has 1 aromatic carbocycles. The molecule has 0 spiro atoms. The first-order valence-corrected chi connectivity index (χ1v) is 7.55. The highest BCUT2D eigenvalue weighted by Gasteiger charge is 2.27. The number of nitrogens with two attached hydrogens (primary N) is 1. The van der Waals surface area contributed by atoms with Crippen molar-refractivity contribution in [3.05, 3.63) is 29.8 Å². The lowest BCUT2D eigenvalue weighted by Gasteiger charge is -2.28. The molecule has 0 aliphatic carbocycles. The molecule has 3 rings (SSSR count). The number of anilines is 1. The van der Waals surface area contributed by atoms with E-state index in [1.165, 1.54) is 30.5 Å². The van der Waals surface area contributed by atoms with E-state index in [0.717, 1.165) is 25.9 Å². The van der Waals surface area contributed by atoms with Crippen LogP contribution in [0.25, 0.3) is 0 Å². The van der Waals surface area contributed by atoms with Gasteiger partial charge in [0, 0.05) is 25.3 Å². The molecule has 3 heteroatoms. The molecule has 0 saturated carbocycles. The van der Waals surface area contributed by atoms with Gasteiger partial charge in [-0.2, -0.15) is 0 Å². The van der Waals surface area contributed by atoms with Crippen molar-refractivity contribution in [2.45, 2.75) is 44.3 Å². The maximum Gasteiger partial charge on any atom is 0.0755 e. The Balaban J connectivity index is 1.70. The molecule has 2 atom stereocenters. The van der Waals surface area contributed by atoms with Crippen molar-refractivity contribution in [3.8, 4) is 0 Å². The molecule has 1 aromatic rings. The molecule has 104 valence electrons. The summed E-state index contributed by atoms with van der Waals surface area (Å²) in [5, 5.41) is 0. The molecular formula is C16H24N2O. The molecule has 2 heterocycles. The number of rotatable bonds is 3. The van der Waals surface area contributed by atoms with E-state index >= 15 is 0 Å². The summed E-state index contributed by atoms with van der Waals surface area (Å²) in [5.74, 6) is 0. The highest BCUT2D eigenvalue weighted by molar-refractivity contribution is 5.54. The molecule has 0 radical (unpaired) electrons. The van der Waals surface area contributed by atoms with Crippen molar-refractivity contribution in [3.63, 3.8) is 0 Å². The largest absolute Gasteiger partial charge is 0.372 e. The van der Waals surface area contributed by atoms with Gasteiger partial charge in [0.1, 0.15) is 0 Å². The van der Waals surface area contributed by atoms with E-state index in [1.807, 2.05) is 0 Å². The molecular weight excluding hydrogens is 236 g/mol. The predicted molar refractivity (Wildman–Crippen MR) is 78.5 cm³/mol. The van der Waals surface area contributed by atoms with E-state index in [4.69, 9.17) is 10.5 Å². The van der Waals surface area contributed by atoms with Crippen LogP contribution >= 0.6 is 0 Å². The number of nitrogens with zero attached hydrogens (tertiary/aromatic N) is 1. The predicted octanol–water partition coefficient (Wildman–Crippen LogP) is 2.34. The van der Waals surface area contributed by atoms with Crippen molar-refractivity contribution < 1.29 is 4.74 Å². The van der Waals surface area contributed by atoms with Gasteiger partial charge in [0.15, 0.2) is 0 Å². The number of hydrogen-bond acceptors (Lipinski definition) is 3. The number of aryl methyl sites for hydroxylation is 1. The first-order chi connectivity index (χ1) is 9.36. The fraction of sp³-hybridized carbons (Fsp3) is 0.625. The summed E-state index contributed by atoms with van der Waals surface area (Å²) in [6.45, 7) is 2.84. The van der Waals surface area contributed by atoms with Gasteiger partial charge >= 0.3 is 0 Å². The second kappa shape index (κ2) is 5.93. The normalized spacial score (nSPS) is 27.1. The molecule has 0 bridgehead atoms. The van der Waals surface area contributed by atoms with Gasteiger partial charge in [-0.05, 0) is 43.7 Å². The Morgan fingerprint density at radius 2 is 2.00 bits per heavy atom. The molecule has 19 heavy (non-hydrogen) atoms. The van der Waals surface area contributed by atoms with Gasteiger partial charge in [-0.3, -0.25) is 0 Å². The van der Waals surface area contributed by atoms with E-state index in [2.05, 4.69) is 29.2 Å². The second-order valence-electron chi connectivity index (χ2n) is 5.72. The summed E-state index contributed by atoms with van der Waals surface area (Å²) >= 11 is 0. The topological polar surface area (TPSA) is 38.5 Å². The molecule has 1 fully saturated rings. The van der Waals surface area contributed by atoms with Crippen LogP contribution in [0.15, 0.2) is 24.3 Å². The lowest BCUT2D eigenvalue weighted by atomic mass is 10.1. The van der Waals surface area contributed by atoms with Crippen LogP contribution in [0.3, 0.4) is 0 Å². The zero-order valence-corrected chi connectivity index (χ0v) is 11.6. The molecule has 0 amide bonds. The summed E-state index contributed by atoms with van der Waals surface area (Å²) in [5.41, 5.74) is 8.60. The Bertz CT molecular complexity index is 421. The lowest BCUT2D eigenvalue weighted by molar-refractivity contribution is 0.0543. The summed E-state index contributed by atoms with van der Waals surface area (Å²) in [6.07, 6.45) is 6.71. The lowest BCUT2D eigenvalue weighted by Crippen LogP contribution is -2.34. The Morgan fingerprint density at radius 3 is 2.84 bits per heavy atom. The third-order valence-electron chi connectivity index (χ3n) is 4.34. The third-order valence-corrected chi connectivity index (χ3v) is 4.34. The SMILES string of the molecule is NCC1CCC(CN2CCCCc3ccccc32)O1. The Hall–Kier alpha value is -1.06. The number of hydrogen-bond donors (Lipinski definition) is 1. The van der Waals surface area contributed by atoms with Gasteiger partial charge in [0.2, 0.25) is 0 Å². The van der Waals surface area contributed by atoms with Crippen molar-refractivity contribution in [2.24, 2.45) is 5.73 Å². The maximum absolute atomic E-state index is 6.00. The summed E-state index contributed by atoms with van der Waals surface area (Å²) in [6, 6.07) is 8.83. The van der Waals surface area contributed by atoms with Crippen LogP contribution in [0.5, 0.6) is 0 Å². The van der Waals surface area contributed by atoms with Gasteiger partial charge < -0.3 is 15.4 Å². The van der Waals surface area contributed by atoms with Crippen molar-refractivity contribution in [1.29, 1.82) is 0 Å². The minimum Gasteiger partial charge on any atom is -0.372 e. The molecule has 3 nitrogen and oxygen atoms in total. The number of benzene rings is 1. The van der Waals surface area contributed by atoms with E-state index in [0.29, 0.717) is 12.6 Å². The summed E-state index contributed by atoms with van der Waals surface area (Å²) < 4.78 is 6.00. The first-order valence-electron chi connectivity index (χ1n) is 7.55. The average molecular weight is 260 g/mol. The zero-order valence-electron chi connectivity index (χ0n) is 11.6. The smallest absolute Gasteiger partial charge is 0.0755 e. The third kappa shape index (κ3) is 2.93. The fourth-order valence-electron chi connectivity index (χ4n) is 3.29. The van der Waals surface area contributed by atoms with Gasteiger partial charge in [0.25, 0.3) is 0 Å². The van der Waals surface area contributed by atoms with Gasteiger partial charge in [-0.1, -0.05) is 18.2 Å². The van der Waals surface area contributed by atoms with Gasteiger partial charge in [0.05, 0.1) is 12.2 Å². The zero-order chi connectivity index (χ0) is 13.1. The van der Waals surface area contributed by atoms with E-state index < -0.39 is 0 Å². The van der Waals surface area contributed by atoms with Crippen LogP contribution in [0.4, 0.5) is 5.69 Å². The van der Waals surface area contributed by atoms with Crippen molar-refractivity contribution in [2.75, 3.05) is 24.5 Å². The number of para-hydroxylation sites is 1. The van der Waals surface area contributed by atoms with Crippen molar-refractivity contribution in [1.82, 2.24) is 0 Å².